The summed E-state index contributed by atoms with van der Waals surface area (Å²) in [5.74, 6) is -0.483. The molecule has 21 heavy (non-hydrogen) atoms. The van der Waals surface area contributed by atoms with Crippen LogP contribution in [0, 0.1) is 0 Å². The molecule has 2 N–H and O–H groups in total. The number of ketones is 1. The zero-order chi connectivity index (χ0) is 15.4. The second-order valence-electron chi connectivity index (χ2n) is 4.55. The molecule has 0 saturated carbocycles. The van der Waals surface area contributed by atoms with E-state index in [1.165, 1.54) is 43.3 Å². The highest BCUT2D eigenvalue weighted by Gasteiger charge is 2.11. The number of rotatable bonds is 4. The first-order chi connectivity index (χ1) is 9.95. The third-order valence-electron chi connectivity index (χ3n) is 2.86. The van der Waals surface area contributed by atoms with Crippen molar-refractivity contribution in [3.8, 4) is 17.2 Å². The lowest BCUT2D eigenvalue weighted by Crippen LogP contribution is -2.11. The number of ether oxygens (including phenoxy) is 1. The topological polar surface area (TPSA) is 83.8 Å². The van der Waals surface area contributed by atoms with Gasteiger partial charge in [-0.2, -0.15) is 0 Å². The molecule has 0 atom stereocenters. The normalized spacial score (nSPS) is 10.1. The average Bonchev–Trinajstić information content (AvgIpc) is 2.43. The number of hydrogen-bond donors (Lipinski definition) is 2. The number of hydrogen-bond acceptors (Lipinski definition) is 5. The molecule has 2 aromatic carbocycles. The Balaban J connectivity index is 2.07. The number of phenols is 2. The summed E-state index contributed by atoms with van der Waals surface area (Å²) in [6.45, 7) is 1.34. The molecule has 5 heteroatoms. The molecule has 0 saturated heterocycles. The second-order valence-corrected chi connectivity index (χ2v) is 4.55. The summed E-state index contributed by atoms with van der Waals surface area (Å²) in [5.41, 5.74) is 0.742. The van der Waals surface area contributed by atoms with Gasteiger partial charge < -0.3 is 14.9 Å². The lowest BCUT2D eigenvalue weighted by Gasteiger charge is -2.06. The van der Waals surface area contributed by atoms with Crippen LogP contribution in [-0.4, -0.2) is 22.0 Å². The largest absolute Gasteiger partial charge is 0.508 e. The minimum Gasteiger partial charge on any atom is -0.508 e. The fourth-order valence-electron chi connectivity index (χ4n) is 1.82. The second kappa shape index (κ2) is 6.09. The average molecular weight is 286 g/mol. The molecule has 0 unspecified atom stereocenters. The van der Waals surface area contributed by atoms with Crippen molar-refractivity contribution in [2.45, 2.75) is 13.3 Å². The summed E-state index contributed by atoms with van der Waals surface area (Å²) < 4.78 is 5.11. The van der Waals surface area contributed by atoms with E-state index < -0.39 is 5.97 Å². The molecule has 0 spiro atoms. The van der Waals surface area contributed by atoms with Crippen LogP contribution >= 0.6 is 0 Å². The summed E-state index contributed by atoms with van der Waals surface area (Å²) in [5, 5.41) is 18.7. The highest BCUT2D eigenvalue weighted by atomic mass is 16.5. The van der Waals surface area contributed by atoms with Crippen LogP contribution in [0.5, 0.6) is 17.2 Å². The van der Waals surface area contributed by atoms with Crippen LogP contribution in [0.1, 0.15) is 22.8 Å². The molecule has 5 nitrogen and oxygen atoms in total. The molecule has 108 valence electrons. The Labute approximate surface area is 121 Å². The third-order valence-corrected chi connectivity index (χ3v) is 2.86. The van der Waals surface area contributed by atoms with Crippen molar-refractivity contribution >= 4 is 11.8 Å². The zero-order valence-electron chi connectivity index (χ0n) is 11.4. The predicted molar refractivity (Wildman–Crippen MR) is 75.6 cm³/mol. The maximum absolute atomic E-state index is 11.8. The number of phenolic OH excluding ortho intramolecular Hbond substituents is 2. The lowest BCUT2D eigenvalue weighted by molar-refractivity contribution is -0.133. The number of carbonyl (C=O) groups is 2. The molecule has 0 aliphatic rings. The van der Waals surface area contributed by atoms with Crippen molar-refractivity contribution in [1.29, 1.82) is 0 Å². The fraction of sp³-hybridized carbons (Fsp3) is 0.125. The van der Waals surface area contributed by atoms with Gasteiger partial charge in [-0.25, -0.2) is 0 Å². The summed E-state index contributed by atoms with van der Waals surface area (Å²) in [4.78, 5) is 23.1. The van der Waals surface area contributed by atoms with E-state index in [9.17, 15) is 14.7 Å². The van der Waals surface area contributed by atoms with Gasteiger partial charge in [0, 0.05) is 0 Å². The summed E-state index contributed by atoms with van der Waals surface area (Å²) in [6, 6.07) is 10.2. The van der Waals surface area contributed by atoms with Gasteiger partial charge in [0.2, 0.25) is 0 Å². The van der Waals surface area contributed by atoms with Crippen molar-refractivity contribution in [3.05, 3.63) is 53.6 Å². The van der Waals surface area contributed by atoms with Crippen molar-refractivity contribution in [2.75, 3.05) is 0 Å². The molecular weight excluding hydrogens is 272 g/mol. The molecule has 0 heterocycles. The SMILES string of the molecule is CC(=O)c1cc(CC(=O)Oc2ccc(O)cc2)ccc1O. The molecular formula is C16H14O5. The smallest absolute Gasteiger partial charge is 0.315 e. The van der Waals surface area contributed by atoms with Crippen molar-refractivity contribution in [1.82, 2.24) is 0 Å². The van der Waals surface area contributed by atoms with Crippen molar-refractivity contribution < 1.29 is 24.5 Å². The maximum Gasteiger partial charge on any atom is 0.315 e. The van der Waals surface area contributed by atoms with Gasteiger partial charge in [-0.3, -0.25) is 9.59 Å². The Morgan fingerprint density at radius 2 is 1.71 bits per heavy atom. The molecule has 0 fully saturated rings. The molecule has 0 aromatic heterocycles. The first-order valence-electron chi connectivity index (χ1n) is 6.28. The van der Waals surface area contributed by atoms with Crippen molar-refractivity contribution in [2.24, 2.45) is 0 Å². The molecule has 0 aliphatic carbocycles. The van der Waals surface area contributed by atoms with Gasteiger partial charge in [-0.1, -0.05) is 6.07 Å². The highest BCUT2D eigenvalue weighted by Crippen LogP contribution is 2.20. The Morgan fingerprint density at radius 3 is 2.33 bits per heavy atom. The quantitative estimate of drug-likeness (QED) is 0.512. The summed E-state index contributed by atoms with van der Waals surface area (Å²) >= 11 is 0. The third kappa shape index (κ3) is 3.82. The summed E-state index contributed by atoms with van der Waals surface area (Å²) in [6.07, 6.45) is -0.0264. The van der Waals surface area contributed by atoms with Crippen LogP contribution in [0.25, 0.3) is 0 Å². The Hall–Kier alpha value is -2.82. The Bertz CT molecular complexity index is 674. The molecule has 2 rings (SSSR count). The van der Waals surface area contributed by atoms with Crippen LogP contribution in [0.4, 0.5) is 0 Å². The monoisotopic (exact) mass is 286 g/mol. The van der Waals surface area contributed by atoms with Gasteiger partial charge in [0.05, 0.1) is 12.0 Å². The minimum absolute atomic E-state index is 0.0264. The maximum atomic E-state index is 11.8. The Kier molecular flexibility index (Phi) is 4.23. The predicted octanol–water partition coefficient (Wildman–Crippen LogP) is 2.45. The van der Waals surface area contributed by atoms with Crippen LogP contribution in [0.3, 0.4) is 0 Å². The summed E-state index contributed by atoms with van der Waals surface area (Å²) in [7, 11) is 0. The fourth-order valence-corrected chi connectivity index (χ4v) is 1.82. The molecule has 0 radical (unpaired) electrons. The number of esters is 1. The van der Waals surface area contributed by atoms with E-state index >= 15 is 0 Å². The Morgan fingerprint density at radius 1 is 1.05 bits per heavy atom. The van der Waals surface area contributed by atoms with Gasteiger partial charge >= 0.3 is 5.97 Å². The van der Waals surface area contributed by atoms with Gasteiger partial charge in [-0.15, -0.1) is 0 Å². The number of Topliss-reactive ketones (excluding diaryl/α,β-unsaturated/α-hetero) is 1. The van der Waals surface area contributed by atoms with E-state index in [-0.39, 0.29) is 29.3 Å². The van der Waals surface area contributed by atoms with E-state index in [4.69, 9.17) is 9.84 Å². The van der Waals surface area contributed by atoms with E-state index in [1.807, 2.05) is 0 Å². The molecule has 0 aliphatic heterocycles. The molecule has 0 bridgehead atoms. The number of carbonyl (C=O) groups excluding carboxylic acids is 2. The molecule has 0 amide bonds. The lowest BCUT2D eigenvalue weighted by atomic mass is 10.0. The van der Waals surface area contributed by atoms with E-state index in [0.29, 0.717) is 11.3 Å². The van der Waals surface area contributed by atoms with Gasteiger partial charge in [0.25, 0.3) is 0 Å². The van der Waals surface area contributed by atoms with Gasteiger partial charge in [0.1, 0.15) is 17.2 Å². The van der Waals surface area contributed by atoms with E-state index in [2.05, 4.69) is 0 Å². The van der Waals surface area contributed by atoms with Crippen LogP contribution in [0.2, 0.25) is 0 Å². The number of benzene rings is 2. The van der Waals surface area contributed by atoms with Crippen LogP contribution in [0.15, 0.2) is 42.5 Å². The standard InChI is InChI=1S/C16H14O5/c1-10(17)14-8-11(2-7-15(14)19)9-16(20)21-13-5-3-12(18)4-6-13/h2-8,18-19H,9H2,1H3. The van der Waals surface area contributed by atoms with Gasteiger partial charge in [-0.05, 0) is 48.9 Å². The van der Waals surface area contributed by atoms with E-state index in [0.717, 1.165) is 0 Å². The molecule has 2 aromatic rings. The first-order valence-corrected chi connectivity index (χ1v) is 6.28. The highest BCUT2D eigenvalue weighted by molar-refractivity contribution is 5.97. The minimum atomic E-state index is -0.499. The van der Waals surface area contributed by atoms with Crippen LogP contribution < -0.4 is 4.74 Å². The van der Waals surface area contributed by atoms with E-state index in [1.54, 1.807) is 6.07 Å². The van der Waals surface area contributed by atoms with Crippen LogP contribution in [-0.2, 0) is 11.2 Å². The zero-order valence-corrected chi connectivity index (χ0v) is 11.4. The first kappa shape index (κ1) is 14.6. The van der Waals surface area contributed by atoms with Gasteiger partial charge in [0.15, 0.2) is 5.78 Å². The van der Waals surface area contributed by atoms with Crippen molar-refractivity contribution in [3.63, 3.8) is 0 Å². The number of aromatic hydroxyl groups is 2.